The van der Waals surface area contributed by atoms with Gasteiger partial charge in [-0.05, 0) is 64.2 Å². The number of hydrogen-bond donors (Lipinski definition) is 1. The Morgan fingerprint density at radius 1 is 0.558 bits per heavy atom. The fourth-order valence-electron chi connectivity index (χ4n) is 6.20. The van der Waals surface area contributed by atoms with Crippen LogP contribution in [0.1, 0.15) is 187 Å². The van der Waals surface area contributed by atoms with Crippen LogP contribution in [0.25, 0.3) is 0 Å². The Kier molecular flexibility index (Phi) is 34.3. The summed E-state index contributed by atoms with van der Waals surface area (Å²) >= 11 is 0. The summed E-state index contributed by atoms with van der Waals surface area (Å²) < 4.78 is 17.2. The van der Waals surface area contributed by atoms with Crippen molar-refractivity contribution in [2.45, 2.75) is 199 Å². The van der Waals surface area contributed by atoms with Crippen molar-refractivity contribution in [2.24, 2.45) is 0 Å². The maximum atomic E-state index is 12.7. The number of allylic oxidation sites excluding steroid dienone is 4. The molecule has 2 atom stereocenters. The molecule has 8 heteroatoms. The fraction of sp³-hybridized carbons (Fsp3) is 0.841. The molecule has 0 saturated carbocycles. The number of unbranched alkanes of at least 4 members (excludes halogenated alkanes) is 20. The van der Waals surface area contributed by atoms with E-state index in [9.17, 15) is 19.5 Å². The third-order valence-corrected chi connectivity index (χ3v) is 9.57. The molecular weight excluding hydrogens is 654 g/mol. The van der Waals surface area contributed by atoms with Gasteiger partial charge in [0.25, 0.3) is 0 Å². The molecular formula is C44H82NO7+. The summed E-state index contributed by atoms with van der Waals surface area (Å²) in [7, 11) is 5.52. The molecule has 304 valence electrons. The monoisotopic (exact) mass is 737 g/mol. The summed E-state index contributed by atoms with van der Waals surface area (Å²) in [6.45, 7) is 4.70. The second kappa shape index (κ2) is 35.8. The first-order valence-electron chi connectivity index (χ1n) is 21.4. The standard InChI is InChI=1S/C44H81NO7/c1-6-8-10-12-14-16-18-20-21-23-25-27-29-31-33-35-43(47)52-40(38-50-37-36-41(44(48)49)45(3,4)5)39-51-42(46)34-32-30-28-26-24-22-19-17-15-13-11-9-7-2/h17,19-21,40-41H,6-16,18,22-39H2,1-5H3/p+1/b19-17-,21-20-. The molecule has 0 bridgehead atoms. The summed E-state index contributed by atoms with van der Waals surface area (Å²) in [5.74, 6) is -1.48. The topological polar surface area (TPSA) is 99.1 Å². The molecule has 0 rings (SSSR count). The zero-order chi connectivity index (χ0) is 38.5. The lowest BCUT2D eigenvalue weighted by Crippen LogP contribution is -2.50. The Bertz CT molecular complexity index is 911. The molecule has 0 aliphatic heterocycles. The number of carboxylic acid groups (broad SMARTS) is 1. The number of quaternary nitrogens is 1. The van der Waals surface area contributed by atoms with E-state index >= 15 is 0 Å². The lowest BCUT2D eigenvalue weighted by Gasteiger charge is -2.31. The van der Waals surface area contributed by atoms with Gasteiger partial charge in [0.05, 0.1) is 34.4 Å². The summed E-state index contributed by atoms with van der Waals surface area (Å²) in [4.78, 5) is 36.9. The molecule has 0 aromatic carbocycles. The number of ether oxygens (including phenoxy) is 3. The SMILES string of the molecule is CCCCCC/C=C\CCCCCCCC(=O)OCC(COCCC(C(=O)O)[N+](C)(C)C)OC(=O)CCCCCCC/C=C\CCCCCCCC. The molecule has 1 N–H and O–H groups in total. The van der Waals surface area contributed by atoms with Crippen molar-refractivity contribution < 1.29 is 38.2 Å². The Labute approximate surface area is 320 Å². The molecule has 0 spiro atoms. The van der Waals surface area contributed by atoms with Crippen LogP contribution >= 0.6 is 0 Å². The second-order valence-electron chi connectivity index (χ2n) is 15.6. The summed E-state index contributed by atoms with van der Waals surface area (Å²) in [5, 5.41) is 9.60. The third kappa shape index (κ3) is 33.6. The number of hydrogen-bond acceptors (Lipinski definition) is 6. The number of likely N-dealkylation sites (N-methyl/N-ethyl adjacent to an activating group) is 1. The smallest absolute Gasteiger partial charge is 0.362 e. The third-order valence-electron chi connectivity index (χ3n) is 9.57. The van der Waals surface area contributed by atoms with Crippen LogP contribution in [0.5, 0.6) is 0 Å². The van der Waals surface area contributed by atoms with Crippen molar-refractivity contribution in [1.29, 1.82) is 0 Å². The minimum atomic E-state index is -0.877. The van der Waals surface area contributed by atoms with Gasteiger partial charge >= 0.3 is 17.9 Å². The van der Waals surface area contributed by atoms with Gasteiger partial charge < -0.3 is 23.8 Å². The molecule has 0 aliphatic carbocycles. The van der Waals surface area contributed by atoms with Crippen LogP contribution in [0.3, 0.4) is 0 Å². The normalized spacial score (nSPS) is 13.2. The van der Waals surface area contributed by atoms with Gasteiger partial charge in [0.1, 0.15) is 6.61 Å². The number of nitrogens with zero attached hydrogens (tertiary/aromatic N) is 1. The van der Waals surface area contributed by atoms with Crippen molar-refractivity contribution in [3.05, 3.63) is 24.3 Å². The second-order valence-corrected chi connectivity index (χ2v) is 15.6. The molecule has 0 fully saturated rings. The van der Waals surface area contributed by atoms with E-state index in [1.807, 2.05) is 21.1 Å². The van der Waals surface area contributed by atoms with Crippen LogP contribution in [0, 0.1) is 0 Å². The number of esters is 2. The van der Waals surface area contributed by atoms with Gasteiger partial charge in [0, 0.05) is 19.3 Å². The molecule has 0 aliphatic rings. The largest absolute Gasteiger partial charge is 0.477 e. The van der Waals surface area contributed by atoms with E-state index in [1.165, 1.54) is 89.9 Å². The van der Waals surface area contributed by atoms with E-state index in [0.717, 1.165) is 64.2 Å². The number of rotatable bonds is 38. The zero-order valence-electron chi connectivity index (χ0n) is 34.5. The van der Waals surface area contributed by atoms with Crippen molar-refractivity contribution in [1.82, 2.24) is 0 Å². The molecule has 0 aromatic heterocycles. The minimum absolute atomic E-state index is 0.0561. The first kappa shape index (κ1) is 49.8. The van der Waals surface area contributed by atoms with Crippen molar-refractivity contribution in [2.75, 3.05) is 41.0 Å². The molecule has 0 saturated heterocycles. The van der Waals surface area contributed by atoms with E-state index < -0.39 is 18.1 Å². The highest BCUT2D eigenvalue weighted by atomic mass is 16.6. The molecule has 0 radical (unpaired) electrons. The average molecular weight is 737 g/mol. The highest BCUT2D eigenvalue weighted by molar-refractivity contribution is 5.72. The fourth-order valence-corrected chi connectivity index (χ4v) is 6.20. The van der Waals surface area contributed by atoms with Crippen LogP contribution in [0.2, 0.25) is 0 Å². The van der Waals surface area contributed by atoms with Gasteiger partial charge in [-0.25, -0.2) is 4.79 Å². The number of carbonyl (C=O) groups excluding carboxylic acids is 2. The Hall–Kier alpha value is -2.19. The predicted octanol–water partition coefficient (Wildman–Crippen LogP) is 11.3. The number of carbonyl (C=O) groups is 3. The maximum Gasteiger partial charge on any atom is 0.362 e. The van der Waals surface area contributed by atoms with Crippen molar-refractivity contribution in [3.8, 4) is 0 Å². The van der Waals surface area contributed by atoms with Crippen molar-refractivity contribution in [3.63, 3.8) is 0 Å². The molecule has 0 amide bonds. The number of aliphatic carboxylic acids is 1. The summed E-state index contributed by atoms with van der Waals surface area (Å²) in [6, 6.07) is -0.614. The lowest BCUT2D eigenvalue weighted by atomic mass is 10.1. The zero-order valence-corrected chi connectivity index (χ0v) is 34.5. The number of carboxylic acids is 1. The van der Waals surface area contributed by atoms with Crippen LogP contribution in [-0.2, 0) is 28.6 Å². The van der Waals surface area contributed by atoms with Gasteiger partial charge in [0.2, 0.25) is 0 Å². The van der Waals surface area contributed by atoms with Gasteiger partial charge in [-0.2, -0.15) is 0 Å². The summed E-state index contributed by atoms with van der Waals surface area (Å²) in [5.41, 5.74) is 0. The quantitative estimate of drug-likeness (QED) is 0.0291. The molecule has 2 unspecified atom stereocenters. The van der Waals surface area contributed by atoms with Gasteiger partial charge in [-0.3, -0.25) is 9.59 Å². The summed E-state index contributed by atoms with van der Waals surface area (Å²) in [6.07, 6.45) is 37.8. The molecule has 52 heavy (non-hydrogen) atoms. The molecule has 8 nitrogen and oxygen atoms in total. The van der Waals surface area contributed by atoms with Gasteiger partial charge in [-0.1, -0.05) is 128 Å². The van der Waals surface area contributed by atoms with Gasteiger partial charge in [-0.15, -0.1) is 0 Å². The minimum Gasteiger partial charge on any atom is -0.477 e. The van der Waals surface area contributed by atoms with E-state index in [2.05, 4.69) is 38.2 Å². The Morgan fingerprint density at radius 2 is 0.962 bits per heavy atom. The van der Waals surface area contributed by atoms with Crippen LogP contribution in [-0.4, -0.2) is 80.6 Å². The Morgan fingerprint density at radius 3 is 1.40 bits per heavy atom. The van der Waals surface area contributed by atoms with E-state index in [0.29, 0.717) is 19.3 Å². The first-order chi connectivity index (χ1) is 25.1. The van der Waals surface area contributed by atoms with E-state index in [-0.39, 0.29) is 36.2 Å². The van der Waals surface area contributed by atoms with Gasteiger partial charge in [0.15, 0.2) is 12.1 Å². The highest BCUT2D eigenvalue weighted by Crippen LogP contribution is 2.13. The van der Waals surface area contributed by atoms with Crippen LogP contribution < -0.4 is 0 Å². The average Bonchev–Trinajstić information content (AvgIpc) is 3.09. The van der Waals surface area contributed by atoms with Crippen LogP contribution in [0.15, 0.2) is 24.3 Å². The molecule has 0 aromatic rings. The van der Waals surface area contributed by atoms with E-state index in [4.69, 9.17) is 14.2 Å². The molecule has 0 heterocycles. The predicted molar refractivity (Wildman–Crippen MR) is 215 cm³/mol. The van der Waals surface area contributed by atoms with E-state index in [1.54, 1.807) is 0 Å². The Balaban J connectivity index is 4.39. The maximum absolute atomic E-state index is 12.7. The lowest BCUT2D eigenvalue weighted by molar-refractivity contribution is -0.887. The first-order valence-corrected chi connectivity index (χ1v) is 21.4. The van der Waals surface area contributed by atoms with Crippen molar-refractivity contribution >= 4 is 17.9 Å². The van der Waals surface area contributed by atoms with Crippen LogP contribution in [0.4, 0.5) is 0 Å². The highest BCUT2D eigenvalue weighted by Gasteiger charge is 2.31.